The molecule has 0 unspecified atom stereocenters. The van der Waals surface area contributed by atoms with Crippen LogP contribution >= 0.6 is 11.6 Å². The Bertz CT molecular complexity index is 768. The molecule has 0 saturated heterocycles. The molecule has 2 aromatic carbocycles. The van der Waals surface area contributed by atoms with Crippen LogP contribution in [0.3, 0.4) is 0 Å². The number of halogens is 1. The van der Waals surface area contributed by atoms with E-state index in [1.807, 2.05) is 42.6 Å². The van der Waals surface area contributed by atoms with Crippen molar-refractivity contribution in [2.75, 3.05) is 14.2 Å². The summed E-state index contributed by atoms with van der Waals surface area (Å²) in [5, 5.41) is 6.08. The SMILES string of the molecule is COc1ccc2nn(-c3ccc(OC)c(Cl)c3)cc2c1. The summed E-state index contributed by atoms with van der Waals surface area (Å²) in [6, 6.07) is 11.3. The number of methoxy groups -OCH3 is 2. The van der Waals surface area contributed by atoms with Crippen LogP contribution in [0.5, 0.6) is 11.5 Å². The van der Waals surface area contributed by atoms with Gasteiger partial charge in [0.15, 0.2) is 0 Å². The number of hydrogen-bond acceptors (Lipinski definition) is 3. The number of ether oxygens (including phenoxy) is 2. The molecule has 20 heavy (non-hydrogen) atoms. The molecule has 0 aliphatic rings. The van der Waals surface area contributed by atoms with Gasteiger partial charge >= 0.3 is 0 Å². The molecule has 5 heteroatoms. The Balaban J connectivity index is 2.07. The van der Waals surface area contributed by atoms with Gasteiger partial charge in [-0.15, -0.1) is 0 Å². The third-order valence-corrected chi connectivity index (χ3v) is 3.41. The molecule has 0 fully saturated rings. The lowest BCUT2D eigenvalue weighted by molar-refractivity contribution is 0.415. The van der Waals surface area contributed by atoms with E-state index in [0.29, 0.717) is 10.8 Å². The lowest BCUT2D eigenvalue weighted by Gasteiger charge is -2.05. The van der Waals surface area contributed by atoms with Gasteiger partial charge in [-0.3, -0.25) is 0 Å². The summed E-state index contributed by atoms with van der Waals surface area (Å²) in [5.74, 6) is 1.46. The highest BCUT2D eigenvalue weighted by atomic mass is 35.5. The second-order valence-corrected chi connectivity index (χ2v) is 4.72. The van der Waals surface area contributed by atoms with Crippen molar-refractivity contribution in [3.05, 3.63) is 47.6 Å². The Morgan fingerprint density at radius 1 is 1.05 bits per heavy atom. The first-order valence-corrected chi connectivity index (χ1v) is 6.46. The normalized spacial score (nSPS) is 10.8. The summed E-state index contributed by atoms with van der Waals surface area (Å²) >= 11 is 6.14. The van der Waals surface area contributed by atoms with Gasteiger partial charge in [0.1, 0.15) is 11.5 Å². The summed E-state index contributed by atoms with van der Waals surface area (Å²) in [6.07, 6.45) is 1.94. The fourth-order valence-corrected chi connectivity index (χ4v) is 2.31. The van der Waals surface area contributed by atoms with E-state index < -0.39 is 0 Å². The Morgan fingerprint density at radius 3 is 2.60 bits per heavy atom. The molecule has 0 spiro atoms. The molecule has 3 rings (SSSR count). The maximum Gasteiger partial charge on any atom is 0.137 e. The largest absolute Gasteiger partial charge is 0.497 e. The zero-order valence-corrected chi connectivity index (χ0v) is 11.9. The molecule has 0 bridgehead atoms. The Morgan fingerprint density at radius 2 is 1.90 bits per heavy atom. The van der Waals surface area contributed by atoms with Gasteiger partial charge < -0.3 is 9.47 Å². The molecule has 1 aromatic heterocycles. The monoisotopic (exact) mass is 288 g/mol. The van der Waals surface area contributed by atoms with Gasteiger partial charge in [0.05, 0.1) is 30.4 Å². The zero-order valence-electron chi connectivity index (χ0n) is 11.1. The predicted molar refractivity (Wildman–Crippen MR) is 79.2 cm³/mol. The van der Waals surface area contributed by atoms with Gasteiger partial charge in [-0.25, -0.2) is 4.68 Å². The van der Waals surface area contributed by atoms with Gasteiger partial charge in [0.25, 0.3) is 0 Å². The Hall–Kier alpha value is -2.20. The molecule has 0 amide bonds. The molecule has 0 atom stereocenters. The minimum Gasteiger partial charge on any atom is -0.497 e. The smallest absolute Gasteiger partial charge is 0.137 e. The van der Waals surface area contributed by atoms with Crippen LogP contribution in [0.15, 0.2) is 42.6 Å². The van der Waals surface area contributed by atoms with E-state index in [-0.39, 0.29) is 0 Å². The molecular formula is C15H13ClN2O2. The summed E-state index contributed by atoms with van der Waals surface area (Å²) in [7, 11) is 3.24. The highest BCUT2D eigenvalue weighted by molar-refractivity contribution is 6.32. The highest BCUT2D eigenvalue weighted by Gasteiger charge is 2.07. The van der Waals surface area contributed by atoms with Crippen LogP contribution in [0.1, 0.15) is 0 Å². The highest BCUT2D eigenvalue weighted by Crippen LogP contribution is 2.27. The average Bonchev–Trinajstić information content (AvgIpc) is 2.89. The van der Waals surface area contributed by atoms with E-state index >= 15 is 0 Å². The standard InChI is InChI=1S/C15H13ClN2O2/c1-19-12-4-5-14-10(7-12)9-18(17-14)11-3-6-15(20-2)13(16)8-11/h3-9H,1-2H3. The van der Waals surface area contributed by atoms with Crippen molar-refractivity contribution in [3.63, 3.8) is 0 Å². The summed E-state index contributed by atoms with van der Waals surface area (Å²) in [6.45, 7) is 0. The third kappa shape index (κ3) is 2.18. The minimum absolute atomic E-state index is 0.558. The lowest BCUT2D eigenvalue weighted by Crippen LogP contribution is -1.94. The van der Waals surface area contributed by atoms with E-state index in [1.165, 1.54) is 0 Å². The zero-order chi connectivity index (χ0) is 14.1. The molecule has 4 nitrogen and oxygen atoms in total. The molecular weight excluding hydrogens is 276 g/mol. The van der Waals surface area contributed by atoms with Gasteiger partial charge in [0, 0.05) is 11.6 Å². The van der Waals surface area contributed by atoms with Crippen LogP contribution < -0.4 is 9.47 Å². The second-order valence-electron chi connectivity index (χ2n) is 4.32. The molecule has 102 valence electrons. The fraction of sp³-hybridized carbons (Fsp3) is 0.133. The quantitative estimate of drug-likeness (QED) is 0.737. The van der Waals surface area contributed by atoms with Crippen LogP contribution in [0, 0.1) is 0 Å². The van der Waals surface area contributed by atoms with E-state index in [1.54, 1.807) is 18.9 Å². The first kappa shape index (κ1) is 12.8. The van der Waals surface area contributed by atoms with E-state index in [4.69, 9.17) is 21.1 Å². The van der Waals surface area contributed by atoms with Crippen LogP contribution in [0.25, 0.3) is 16.6 Å². The van der Waals surface area contributed by atoms with Crippen molar-refractivity contribution in [1.29, 1.82) is 0 Å². The second kappa shape index (κ2) is 5.06. The molecule has 0 radical (unpaired) electrons. The van der Waals surface area contributed by atoms with E-state index in [0.717, 1.165) is 22.3 Å². The van der Waals surface area contributed by atoms with Crippen molar-refractivity contribution < 1.29 is 9.47 Å². The number of hydrogen-bond donors (Lipinski definition) is 0. The third-order valence-electron chi connectivity index (χ3n) is 3.11. The molecule has 0 aliphatic heterocycles. The van der Waals surface area contributed by atoms with Crippen LogP contribution in [-0.4, -0.2) is 24.0 Å². The summed E-state index contributed by atoms with van der Waals surface area (Å²) < 4.78 is 12.1. The topological polar surface area (TPSA) is 36.3 Å². The Kier molecular flexibility index (Phi) is 3.24. The van der Waals surface area contributed by atoms with Gasteiger partial charge in [-0.05, 0) is 36.4 Å². The maximum absolute atomic E-state index is 6.14. The Labute approximate surface area is 121 Å². The van der Waals surface area contributed by atoms with Gasteiger partial charge in [0.2, 0.25) is 0 Å². The first-order chi connectivity index (χ1) is 9.71. The summed E-state index contributed by atoms with van der Waals surface area (Å²) in [5.41, 5.74) is 1.78. The van der Waals surface area contributed by atoms with Crippen molar-refractivity contribution in [1.82, 2.24) is 9.78 Å². The van der Waals surface area contributed by atoms with E-state index in [2.05, 4.69) is 5.10 Å². The average molecular weight is 289 g/mol. The number of nitrogens with zero attached hydrogens (tertiary/aromatic N) is 2. The maximum atomic E-state index is 6.14. The van der Waals surface area contributed by atoms with Crippen molar-refractivity contribution in [2.24, 2.45) is 0 Å². The lowest BCUT2D eigenvalue weighted by atomic mass is 10.2. The van der Waals surface area contributed by atoms with Crippen LogP contribution in [0.2, 0.25) is 5.02 Å². The number of fused-ring (bicyclic) bond motifs is 1. The molecule has 3 aromatic rings. The van der Waals surface area contributed by atoms with Crippen LogP contribution in [-0.2, 0) is 0 Å². The fourth-order valence-electron chi connectivity index (χ4n) is 2.06. The number of benzene rings is 2. The minimum atomic E-state index is 0.558. The van der Waals surface area contributed by atoms with Crippen LogP contribution in [0.4, 0.5) is 0 Å². The number of aromatic nitrogens is 2. The summed E-state index contributed by atoms with van der Waals surface area (Å²) in [4.78, 5) is 0. The molecule has 0 saturated carbocycles. The molecule has 0 N–H and O–H groups in total. The van der Waals surface area contributed by atoms with Gasteiger partial charge in [-0.1, -0.05) is 11.6 Å². The van der Waals surface area contributed by atoms with Crippen molar-refractivity contribution in [3.8, 4) is 17.2 Å². The van der Waals surface area contributed by atoms with Gasteiger partial charge in [-0.2, -0.15) is 5.10 Å². The first-order valence-electron chi connectivity index (χ1n) is 6.08. The molecule has 0 aliphatic carbocycles. The molecule has 1 heterocycles. The van der Waals surface area contributed by atoms with E-state index in [9.17, 15) is 0 Å². The predicted octanol–water partition coefficient (Wildman–Crippen LogP) is 3.70. The number of rotatable bonds is 3. The van der Waals surface area contributed by atoms with Crippen molar-refractivity contribution >= 4 is 22.5 Å². The van der Waals surface area contributed by atoms with Crippen molar-refractivity contribution in [2.45, 2.75) is 0 Å².